The smallest absolute Gasteiger partial charge is 0.311 e. The lowest BCUT2D eigenvalue weighted by Crippen LogP contribution is -2.52. The summed E-state index contributed by atoms with van der Waals surface area (Å²) in [5.41, 5.74) is 0. The van der Waals surface area contributed by atoms with Gasteiger partial charge in [0.2, 0.25) is 0 Å². The van der Waals surface area contributed by atoms with Gasteiger partial charge in [-0.25, -0.2) is 0 Å². The van der Waals surface area contributed by atoms with E-state index in [2.05, 4.69) is 51.8 Å². The summed E-state index contributed by atoms with van der Waals surface area (Å²) < 4.78 is 13.2. The molecule has 0 amide bonds. The predicted molar refractivity (Wildman–Crippen MR) is 110 cm³/mol. The highest BCUT2D eigenvalue weighted by molar-refractivity contribution is 7.98. The molecule has 21 heavy (non-hydrogen) atoms. The molecule has 7 heteroatoms. The molecule has 0 aromatic heterocycles. The van der Waals surface area contributed by atoms with Crippen molar-refractivity contribution in [1.82, 2.24) is 0 Å². The highest BCUT2D eigenvalue weighted by Crippen LogP contribution is 2.26. The molecule has 0 heterocycles. The van der Waals surface area contributed by atoms with Crippen LogP contribution in [-0.4, -0.2) is 49.2 Å². The van der Waals surface area contributed by atoms with Gasteiger partial charge in [0, 0.05) is 0 Å². The molecule has 0 saturated carbocycles. The van der Waals surface area contributed by atoms with E-state index >= 15 is 0 Å². The van der Waals surface area contributed by atoms with Crippen LogP contribution < -0.4 is 0 Å². The van der Waals surface area contributed by atoms with E-state index in [4.69, 9.17) is 8.23 Å². The van der Waals surface area contributed by atoms with Crippen molar-refractivity contribution in [2.24, 2.45) is 0 Å². The van der Waals surface area contributed by atoms with Crippen LogP contribution in [0.5, 0.6) is 0 Å². The van der Waals surface area contributed by atoms with Gasteiger partial charge in [0.25, 0.3) is 0 Å². The first-order chi connectivity index (χ1) is 9.54. The lowest BCUT2D eigenvalue weighted by atomic mass is 10.6. The third kappa shape index (κ3) is 12.4. The summed E-state index contributed by atoms with van der Waals surface area (Å²) in [7, 11) is -5.13. The molecule has 0 atom stereocenters. The minimum absolute atomic E-state index is 1.25. The topological polar surface area (TPSA) is 18.5 Å². The van der Waals surface area contributed by atoms with E-state index in [9.17, 15) is 0 Å². The monoisotopic (exact) mass is 384 g/mol. The van der Waals surface area contributed by atoms with E-state index in [1.807, 2.05) is 23.5 Å². The van der Waals surface area contributed by atoms with Crippen LogP contribution in [0.1, 0.15) is 12.8 Å². The van der Waals surface area contributed by atoms with Crippen LogP contribution in [0.2, 0.25) is 51.4 Å². The summed E-state index contributed by atoms with van der Waals surface area (Å²) >= 11 is 3.87. The molecule has 0 unspecified atom stereocenters. The van der Waals surface area contributed by atoms with E-state index in [-0.39, 0.29) is 0 Å². The lowest BCUT2D eigenvalue weighted by molar-refractivity contribution is 0.388. The van der Waals surface area contributed by atoms with Gasteiger partial charge in [0.1, 0.15) is 0 Å². The van der Waals surface area contributed by atoms with E-state index in [1.54, 1.807) is 0 Å². The Morgan fingerprint density at radius 1 is 0.667 bits per heavy atom. The standard InChI is InChI=1S/C14H36O2S2Si3/c1-17-11-9-13-19(3,4)15-21(7,8)16-20(5,6)14-10-12-18-2/h9-14H2,1-8H3. The summed E-state index contributed by atoms with van der Waals surface area (Å²) in [6.07, 6.45) is 6.92. The fourth-order valence-electron chi connectivity index (χ4n) is 2.74. The number of hydrogen-bond donors (Lipinski definition) is 0. The molecule has 0 radical (unpaired) electrons. The first-order valence-electron chi connectivity index (χ1n) is 7.92. The minimum atomic E-state index is -1.98. The van der Waals surface area contributed by atoms with Crippen LogP contribution in [0.15, 0.2) is 0 Å². The maximum Gasteiger partial charge on any atom is 0.311 e. The summed E-state index contributed by atoms with van der Waals surface area (Å²) in [6.45, 7) is 13.9. The second-order valence-electron chi connectivity index (χ2n) is 7.32. The quantitative estimate of drug-likeness (QED) is 0.320. The molecule has 2 nitrogen and oxygen atoms in total. The van der Waals surface area contributed by atoms with Crippen LogP contribution >= 0.6 is 23.5 Å². The fraction of sp³-hybridized carbons (Fsp3) is 1.00. The van der Waals surface area contributed by atoms with Gasteiger partial charge in [-0.2, -0.15) is 23.5 Å². The van der Waals surface area contributed by atoms with Gasteiger partial charge in [-0.3, -0.25) is 0 Å². The highest BCUT2D eigenvalue weighted by Gasteiger charge is 2.39. The maximum absolute atomic E-state index is 6.59. The van der Waals surface area contributed by atoms with Crippen LogP contribution in [0.25, 0.3) is 0 Å². The minimum Gasteiger partial charge on any atom is -0.437 e. The Balaban J connectivity index is 4.38. The summed E-state index contributed by atoms with van der Waals surface area (Å²) in [5.74, 6) is 2.50. The Kier molecular flexibility index (Phi) is 10.8. The van der Waals surface area contributed by atoms with E-state index in [1.165, 1.54) is 36.4 Å². The predicted octanol–water partition coefficient (Wildman–Crippen LogP) is 5.64. The molecule has 0 aliphatic carbocycles. The molecule has 0 saturated heterocycles. The molecule has 0 aromatic rings. The normalized spacial score (nSPS) is 13.7. The van der Waals surface area contributed by atoms with Crippen LogP contribution in [0, 0.1) is 0 Å². The Morgan fingerprint density at radius 2 is 1.00 bits per heavy atom. The van der Waals surface area contributed by atoms with Gasteiger partial charge in [-0.1, -0.05) is 0 Å². The largest absolute Gasteiger partial charge is 0.437 e. The molecule has 0 bridgehead atoms. The van der Waals surface area contributed by atoms with Crippen LogP contribution in [0.3, 0.4) is 0 Å². The third-order valence-electron chi connectivity index (χ3n) is 3.30. The molecular weight excluding hydrogens is 349 g/mol. The van der Waals surface area contributed by atoms with Gasteiger partial charge in [0.15, 0.2) is 16.6 Å². The molecule has 128 valence electrons. The fourth-order valence-corrected chi connectivity index (χ4v) is 18.2. The van der Waals surface area contributed by atoms with Crippen molar-refractivity contribution in [3.05, 3.63) is 0 Å². The summed E-state index contributed by atoms with van der Waals surface area (Å²) in [5, 5.41) is 0. The third-order valence-corrected chi connectivity index (χ3v) is 16.2. The van der Waals surface area contributed by atoms with Gasteiger partial charge < -0.3 is 8.23 Å². The van der Waals surface area contributed by atoms with Crippen LogP contribution in [0.4, 0.5) is 0 Å². The molecule has 0 rings (SSSR count). The number of thioether (sulfide) groups is 2. The van der Waals surface area contributed by atoms with Crippen molar-refractivity contribution in [3.63, 3.8) is 0 Å². The average Bonchev–Trinajstić information content (AvgIpc) is 2.25. The van der Waals surface area contributed by atoms with Crippen molar-refractivity contribution in [1.29, 1.82) is 0 Å². The first-order valence-corrected chi connectivity index (χ1v) is 19.8. The zero-order valence-electron chi connectivity index (χ0n) is 15.4. The number of rotatable bonds is 12. The van der Waals surface area contributed by atoms with E-state index < -0.39 is 25.2 Å². The summed E-state index contributed by atoms with van der Waals surface area (Å²) in [6, 6.07) is 2.50. The Bertz CT molecular complexity index is 261. The molecule has 0 aliphatic rings. The molecule has 0 N–H and O–H groups in total. The Morgan fingerprint density at radius 3 is 1.29 bits per heavy atom. The van der Waals surface area contributed by atoms with Gasteiger partial charge in [-0.05, 0) is 88.2 Å². The van der Waals surface area contributed by atoms with Gasteiger partial charge in [-0.15, -0.1) is 0 Å². The Hall–Kier alpha value is 1.27. The molecule has 0 spiro atoms. The van der Waals surface area contributed by atoms with Crippen molar-refractivity contribution in [2.75, 3.05) is 24.0 Å². The van der Waals surface area contributed by atoms with E-state index in [0.717, 1.165) is 0 Å². The van der Waals surface area contributed by atoms with Crippen LogP contribution in [-0.2, 0) is 8.23 Å². The molecule has 0 fully saturated rings. The zero-order valence-corrected chi connectivity index (χ0v) is 20.0. The summed E-state index contributed by atoms with van der Waals surface area (Å²) in [4.78, 5) is 0. The molecule has 0 aromatic carbocycles. The maximum atomic E-state index is 6.59. The lowest BCUT2D eigenvalue weighted by Gasteiger charge is -2.38. The molecular formula is C14H36O2S2Si3. The first kappa shape index (κ1) is 22.3. The Labute approximate surface area is 145 Å². The van der Waals surface area contributed by atoms with Crippen molar-refractivity contribution < 1.29 is 8.23 Å². The SMILES string of the molecule is CSCCC[Si](C)(C)O[Si](C)(C)O[Si](C)(C)CCCSC. The zero-order chi connectivity index (χ0) is 16.6. The van der Waals surface area contributed by atoms with Gasteiger partial charge >= 0.3 is 8.56 Å². The highest BCUT2D eigenvalue weighted by atomic mass is 32.2. The van der Waals surface area contributed by atoms with Crippen molar-refractivity contribution in [2.45, 2.75) is 64.2 Å². The van der Waals surface area contributed by atoms with E-state index in [0.29, 0.717) is 0 Å². The number of hydrogen-bond acceptors (Lipinski definition) is 4. The second-order valence-corrected chi connectivity index (χ2v) is 21.8. The second kappa shape index (κ2) is 10.2. The van der Waals surface area contributed by atoms with Gasteiger partial charge in [0.05, 0.1) is 0 Å². The van der Waals surface area contributed by atoms with Crippen molar-refractivity contribution in [3.8, 4) is 0 Å². The molecule has 0 aliphatic heterocycles. The average molecular weight is 385 g/mol. The van der Waals surface area contributed by atoms with Crippen molar-refractivity contribution >= 4 is 48.7 Å².